The number of benzene rings is 7. The maximum atomic E-state index is 2.37. The first kappa shape index (κ1) is 28.1. The van der Waals surface area contributed by atoms with Crippen LogP contribution in [0.15, 0.2) is 164 Å². The van der Waals surface area contributed by atoms with Gasteiger partial charge in [-0.05, 0) is 84.1 Å². The Hall–Kier alpha value is -5.44. The van der Waals surface area contributed by atoms with Gasteiger partial charge in [0.25, 0.3) is 0 Å². The molecule has 0 radical (unpaired) electrons. The lowest BCUT2D eigenvalue weighted by Gasteiger charge is -2.27. The molecule has 0 aliphatic heterocycles. The second-order valence-corrected chi connectivity index (χ2v) is 13.0. The summed E-state index contributed by atoms with van der Waals surface area (Å²) in [4.78, 5) is 2.37. The lowest BCUT2D eigenvalue weighted by molar-refractivity contribution is 1.27. The first-order valence-electron chi connectivity index (χ1n) is 15.8. The van der Waals surface area contributed by atoms with Crippen LogP contribution < -0.4 is 4.90 Å². The number of thiophene rings is 1. The molecule has 0 saturated heterocycles. The van der Waals surface area contributed by atoms with E-state index in [1.54, 1.807) is 0 Å². The fraction of sp³-hybridized carbons (Fsp3) is 0.0455. The molecule has 0 amide bonds. The lowest BCUT2D eigenvalue weighted by atomic mass is 9.91. The lowest BCUT2D eigenvalue weighted by Crippen LogP contribution is -2.10. The van der Waals surface area contributed by atoms with E-state index in [1.807, 2.05) is 11.3 Å². The Morgan fingerprint density at radius 1 is 0.391 bits per heavy atom. The highest BCUT2D eigenvalue weighted by Gasteiger charge is 2.18. The van der Waals surface area contributed by atoms with Gasteiger partial charge in [0, 0.05) is 42.8 Å². The molecule has 0 aliphatic rings. The topological polar surface area (TPSA) is 3.24 Å². The molecule has 0 N–H and O–H groups in total. The Kier molecular flexibility index (Phi) is 7.21. The summed E-state index contributed by atoms with van der Waals surface area (Å²) >= 11 is 1.88. The van der Waals surface area contributed by atoms with Crippen molar-refractivity contribution in [2.75, 3.05) is 4.90 Å². The highest BCUT2D eigenvalue weighted by Crippen LogP contribution is 2.45. The number of hydrogen-bond donors (Lipinski definition) is 0. The van der Waals surface area contributed by atoms with E-state index in [0.717, 1.165) is 17.1 Å². The first-order valence-corrected chi connectivity index (χ1v) is 16.6. The predicted octanol–water partition coefficient (Wildman–Crippen LogP) is 13.1. The third-order valence-corrected chi connectivity index (χ3v) is 10.1. The van der Waals surface area contributed by atoms with Crippen LogP contribution in [0, 0.1) is 13.8 Å². The van der Waals surface area contributed by atoms with E-state index in [-0.39, 0.29) is 0 Å². The minimum absolute atomic E-state index is 1.13. The second-order valence-electron chi connectivity index (χ2n) is 12.0. The smallest absolute Gasteiger partial charge is 0.0468 e. The van der Waals surface area contributed by atoms with Gasteiger partial charge in [0.05, 0.1) is 0 Å². The van der Waals surface area contributed by atoms with E-state index >= 15 is 0 Å². The summed E-state index contributed by atoms with van der Waals surface area (Å²) in [6.07, 6.45) is 0. The van der Waals surface area contributed by atoms with Crippen LogP contribution in [0.4, 0.5) is 17.1 Å². The van der Waals surface area contributed by atoms with Crippen molar-refractivity contribution in [2.24, 2.45) is 0 Å². The van der Waals surface area contributed by atoms with Crippen LogP contribution in [0.3, 0.4) is 0 Å². The van der Waals surface area contributed by atoms with Crippen LogP contribution in [0.1, 0.15) is 11.1 Å². The van der Waals surface area contributed by atoms with Crippen LogP contribution >= 0.6 is 11.3 Å². The van der Waals surface area contributed by atoms with Crippen molar-refractivity contribution in [3.63, 3.8) is 0 Å². The molecule has 0 fully saturated rings. The van der Waals surface area contributed by atoms with Crippen molar-refractivity contribution in [2.45, 2.75) is 13.8 Å². The highest BCUT2D eigenvalue weighted by molar-refractivity contribution is 7.26. The largest absolute Gasteiger partial charge is 0.310 e. The summed E-state index contributed by atoms with van der Waals surface area (Å²) in [5.41, 5.74) is 13.3. The van der Waals surface area contributed by atoms with Crippen molar-refractivity contribution in [1.82, 2.24) is 0 Å². The highest BCUT2D eigenvalue weighted by atomic mass is 32.1. The Bertz CT molecular complexity index is 2250. The van der Waals surface area contributed by atoms with Gasteiger partial charge in [-0.1, -0.05) is 132 Å². The zero-order valence-electron chi connectivity index (χ0n) is 25.9. The van der Waals surface area contributed by atoms with Gasteiger partial charge in [-0.2, -0.15) is 0 Å². The fourth-order valence-electron chi connectivity index (χ4n) is 6.41. The van der Waals surface area contributed by atoms with E-state index in [9.17, 15) is 0 Å². The van der Waals surface area contributed by atoms with Gasteiger partial charge in [-0.15, -0.1) is 11.3 Å². The number of aryl methyl sites for hydroxylation is 2. The molecule has 0 spiro atoms. The number of rotatable bonds is 6. The number of anilines is 3. The van der Waals surface area contributed by atoms with Gasteiger partial charge in [0.1, 0.15) is 0 Å². The molecule has 8 rings (SSSR count). The van der Waals surface area contributed by atoms with Crippen molar-refractivity contribution in [1.29, 1.82) is 0 Å². The van der Waals surface area contributed by atoms with Crippen molar-refractivity contribution < 1.29 is 0 Å². The third kappa shape index (κ3) is 5.17. The first-order chi connectivity index (χ1) is 22.6. The van der Waals surface area contributed by atoms with Crippen molar-refractivity contribution in [3.05, 3.63) is 175 Å². The summed E-state index contributed by atoms with van der Waals surface area (Å²) in [5.74, 6) is 0. The Morgan fingerprint density at radius 3 is 1.65 bits per heavy atom. The van der Waals surface area contributed by atoms with Crippen molar-refractivity contribution in [3.8, 4) is 33.4 Å². The zero-order chi connectivity index (χ0) is 31.0. The normalized spacial score (nSPS) is 11.3. The minimum Gasteiger partial charge on any atom is -0.310 e. The predicted molar refractivity (Wildman–Crippen MR) is 200 cm³/mol. The number of fused-ring (bicyclic) bond motifs is 3. The summed E-state index contributed by atoms with van der Waals surface area (Å²) < 4.78 is 2.65. The van der Waals surface area contributed by atoms with E-state index in [0.29, 0.717) is 0 Å². The molecule has 8 aromatic rings. The van der Waals surface area contributed by atoms with Crippen LogP contribution in [0.2, 0.25) is 0 Å². The van der Waals surface area contributed by atoms with Crippen LogP contribution in [-0.4, -0.2) is 0 Å². The Balaban J connectivity index is 1.35. The molecule has 0 atom stereocenters. The minimum atomic E-state index is 1.13. The van der Waals surface area contributed by atoms with Gasteiger partial charge in [-0.3, -0.25) is 0 Å². The molecule has 0 saturated carbocycles. The molecular formula is C44H33NS. The summed E-state index contributed by atoms with van der Waals surface area (Å²) in [6.45, 7) is 4.28. The van der Waals surface area contributed by atoms with E-state index in [1.165, 1.54) is 64.7 Å². The SMILES string of the molecule is Cc1ccc(N(c2ccc(C)cc2)c2ccc(-c3cccc4c3sc3ccccc34)c(-c3ccc(-c4ccccc4)cc3)c2)cc1. The molecule has 0 aliphatic carbocycles. The van der Waals surface area contributed by atoms with Crippen LogP contribution in [0.25, 0.3) is 53.6 Å². The Labute approximate surface area is 274 Å². The fourth-order valence-corrected chi connectivity index (χ4v) is 7.64. The molecule has 0 unspecified atom stereocenters. The van der Waals surface area contributed by atoms with Crippen LogP contribution in [-0.2, 0) is 0 Å². The van der Waals surface area contributed by atoms with Gasteiger partial charge < -0.3 is 4.90 Å². The molecule has 2 heteroatoms. The Morgan fingerprint density at radius 2 is 0.957 bits per heavy atom. The van der Waals surface area contributed by atoms with E-state index < -0.39 is 0 Å². The van der Waals surface area contributed by atoms with Crippen LogP contribution in [0.5, 0.6) is 0 Å². The monoisotopic (exact) mass is 607 g/mol. The van der Waals surface area contributed by atoms with Gasteiger partial charge in [0.15, 0.2) is 0 Å². The zero-order valence-corrected chi connectivity index (χ0v) is 26.8. The van der Waals surface area contributed by atoms with E-state index in [4.69, 9.17) is 0 Å². The van der Waals surface area contributed by atoms with Crippen molar-refractivity contribution >= 4 is 48.6 Å². The number of hydrogen-bond acceptors (Lipinski definition) is 2. The molecule has 7 aromatic carbocycles. The molecule has 0 bridgehead atoms. The van der Waals surface area contributed by atoms with Gasteiger partial charge in [-0.25, -0.2) is 0 Å². The second kappa shape index (κ2) is 11.8. The molecule has 1 aromatic heterocycles. The molecule has 220 valence electrons. The summed E-state index contributed by atoms with van der Waals surface area (Å²) in [6, 6.07) is 59.8. The quantitative estimate of drug-likeness (QED) is 0.182. The van der Waals surface area contributed by atoms with E-state index in [2.05, 4.69) is 183 Å². The molecule has 1 nitrogen and oxygen atoms in total. The maximum Gasteiger partial charge on any atom is 0.0468 e. The third-order valence-electron chi connectivity index (χ3n) is 8.84. The standard InChI is InChI=1S/C44H33NS/c1-30-15-23-35(24-16-30)45(36-25-17-31(2)18-26-36)37-27-28-38(40-12-8-13-41-39-11-6-7-14-43(39)46-44(40)41)42(29-37)34-21-19-33(20-22-34)32-9-4-3-5-10-32/h3-29H,1-2H3. The number of nitrogens with zero attached hydrogens (tertiary/aromatic N) is 1. The average molecular weight is 608 g/mol. The molecular weight excluding hydrogens is 575 g/mol. The molecule has 46 heavy (non-hydrogen) atoms. The molecule has 1 heterocycles. The summed E-state index contributed by atoms with van der Waals surface area (Å²) in [5, 5.41) is 2.63. The summed E-state index contributed by atoms with van der Waals surface area (Å²) in [7, 11) is 0. The van der Waals surface area contributed by atoms with Gasteiger partial charge >= 0.3 is 0 Å². The van der Waals surface area contributed by atoms with Gasteiger partial charge in [0.2, 0.25) is 0 Å². The maximum absolute atomic E-state index is 2.37. The average Bonchev–Trinajstić information content (AvgIpc) is 3.50.